The molecule has 1 aromatic carbocycles. The molecule has 1 aromatic heterocycles. The number of benzene rings is 1. The van der Waals surface area contributed by atoms with Gasteiger partial charge in [0, 0.05) is 30.8 Å². The number of rotatable bonds is 4. The number of nitrogens with one attached hydrogen (secondary N) is 2. The quantitative estimate of drug-likeness (QED) is 0.842. The fourth-order valence-electron chi connectivity index (χ4n) is 2.85. The van der Waals surface area contributed by atoms with E-state index in [1.54, 1.807) is 0 Å². The summed E-state index contributed by atoms with van der Waals surface area (Å²) in [6.07, 6.45) is 5.74. The first-order chi connectivity index (χ1) is 11.3. The van der Waals surface area contributed by atoms with Gasteiger partial charge in [-0.1, -0.05) is 25.5 Å². The minimum atomic E-state index is 0.657. The summed E-state index contributed by atoms with van der Waals surface area (Å²) in [4.78, 5) is 0. The van der Waals surface area contributed by atoms with E-state index in [1.165, 1.54) is 19.3 Å². The average molecular weight is 329 g/mol. The fraction of sp³-hybridized carbons (Fsp3) is 0.471. The highest BCUT2D eigenvalue weighted by Gasteiger charge is 2.16. The molecule has 1 aliphatic rings. The number of hydrogen-bond acceptors (Lipinski definition) is 3. The lowest BCUT2D eigenvalue weighted by molar-refractivity contribution is 0.636. The maximum absolute atomic E-state index is 5.30. The molecule has 2 N–H and O–H groups in total. The van der Waals surface area contributed by atoms with Crippen LogP contribution >= 0.6 is 12.2 Å². The molecule has 0 saturated carbocycles. The predicted molar refractivity (Wildman–Crippen MR) is 97.5 cm³/mol. The van der Waals surface area contributed by atoms with Gasteiger partial charge in [0.15, 0.2) is 10.9 Å². The standard InChI is InChI=1S/C17H23N5S/c1-2-10-18-17(23)19-14-8-6-7-13(12-14)16-21-20-15-9-4-3-5-11-22(15)16/h6-8,12H,2-5,9-11H2,1H3,(H2,18,19,23). The van der Waals surface area contributed by atoms with Gasteiger partial charge in [0.25, 0.3) is 0 Å². The molecule has 0 amide bonds. The van der Waals surface area contributed by atoms with E-state index in [1.807, 2.05) is 12.1 Å². The molecule has 0 unspecified atom stereocenters. The Bertz CT molecular complexity index is 679. The highest BCUT2D eigenvalue weighted by molar-refractivity contribution is 7.80. The summed E-state index contributed by atoms with van der Waals surface area (Å²) < 4.78 is 2.26. The van der Waals surface area contributed by atoms with Gasteiger partial charge in [0.2, 0.25) is 0 Å². The average Bonchev–Trinajstić information content (AvgIpc) is 2.82. The Labute approximate surface area is 142 Å². The van der Waals surface area contributed by atoms with Crippen molar-refractivity contribution in [2.75, 3.05) is 11.9 Å². The number of hydrogen-bond donors (Lipinski definition) is 2. The Morgan fingerprint density at radius 2 is 2.17 bits per heavy atom. The van der Waals surface area contributed by atoms with Gasteiger partial charge in [-0.05, 0) is 43.6 Å². The Kier molecular flexibility index (Phi) is 5.23. The topological polar surface area (TPSA) is 54.8 Å². The summed E-state index contributed by atoms with van der Waals surface area (Å²) >= 11 is 5.30. The number of anilines is 1. The zero-order valence-electron chi connectivity index (χ0n) is 13.5. The van der Waals surface area contributed by atoms with E-state index < -0.39 is 0 Å². The molecular weight excluding hydrogens is 306 g/mol. The van der Waals surface area contributed by atoms with Gasteiger partial charge in [0.1, 0.15) is 5.82 Å². The molecule has 0 fully saturated rings. The van der Waals surface area contributed by atoms with E-state index in [-0.39, 0.29) is 0 Å². The third-order valence-electron chi connectivity index (χ3n) is 4.02. The number of thiocarbonyl (C=S) groups is 1. The third kappa shape index (κ3) is 3.88. The van der Waals surface area contributed by atoms with Crippen molar-refractivity contribution in [2.24, 2.45) is 0 Å². The molecule has 1 aliphatic heterocycles. The van der Waals surface area contributed by atoms with Crippen molar-refractivity contribution < 1.29 is 0 Å². The van der Waals surface area contributed by atoms with Gasteiger partial charge in [-0.3, -0.25) is 0 Å². The molecule has 6 heteroatoms. The predicted octanol–water partition coefficient (Wildman–Crippen LogP) is 3.37. The first-order valence-electron chi connectivity index (χ1n) is 8.35. The van der Waals surface area contributed by atoms with Gasteiger partial charge >= 0.3 is 0 Å². The molecule has 3 rings (SSSR count). The monoisotopic (exact) mass is 329 g/mol. The Balaban J connectivity index is 1.80. The molecule has 0 bridgehead atoms. The zero-order chi connectivity index (χ0) is 16.1. The van der Waals surface area contributed by atoms with Crippen LogP contribution in [0.25, 0.3) is 11.4 Å². The lowest BCUT2D eigenvalue weighted by Gasteiger charge is -2.11. The second-order valence-corrected chi connectivity index (χ2v) is 6.27. The van der Waals surface area contributed by atoms with Crippen molar-refractivity contribution in [3.8, 4) is 11.4 Å². The van der Waals surface area contributed by atoms with Crippen LogP contribution in [0.1, 0.15) is 38.4 Å². The Hall–Kier alpha value is -1.95. The number of fused-ring (bicyclic) bond motifs is 1. The second kappa shape index (κ2) is 7.55. The van der Waals surface area contributed by atoms with Crippen molar-refractivity contribution in [2.45, 2.75) is 45.6 Å². The molecular formula is C17H23N5S. The molecule has 5 nitrogen and oxygen atoms in total. The van der Waals surface area contributed by atoms with Crippen LogP contribution < -0.4 is 10.6 Å². The van der Waals surface area contributed by atoms with Crippen LogP contribution in [0.5, 0.6) is 0 Å². The number of nitrogens with zero attached hydrogens (tertiary/aromatic N) is 3. The maximum atomic E-state index is 5.30. The second-order valence-electron chi connectivity index (χ2n) is 5.86. The molecule has 0 aliphatic carbocycles. The van der Waals surface area contributed by atoms with Crippen molar-refractivity contribution in [1.29, 1.82) is 0 Å². The minimum absolute atomic E-state index is 0.657. The number of aryl methyl sites for hydroxylation is 1. The van der Waals surface area contributed by atoms with Crippen molar-refractivity contribution >= 4 is 23.0 Å². The van der Waals surface area contributed by atoms with Gasteiger partial charge in [-0.2, -0.15) is 0 Å². The smallest absolute Gasteiger partial charge is 0.170 e. The van der Waals surface area contributed by atoms with E-state index >= 15 is 0 Å². The van der Waals surface area contributed by atoms with Crippen molar-refractivity contribution in [3.63, 3.8) is 0 Å². The van der Waals surface area contributed by atoms with Crippen LogP contribution in [-0.4, -0.2) is 26.4 Å². The van der Waals surface area contributed by atoms with Crippen molar-refractivity contribution in [3.05, 3.63) is 30.1 Å². The highest BCUT2D eigenvalue weighted by Crippen LogP contribution is 2.24. The molecule has 0 saturated heterocycles. The molecule has 23 heavy (non-hydrogen) atoms. The maximum Gasteiger partial charge on any atom is 0.170 e. The first kappa shape index (κ1) is 15.9. The molecule has 122 valence electrons. The van der Waals surface area contributed by atoms with Crippen LogP contribution in [0.3, 0.4) is 0 Å². The normalized spacial score (nSPS) is 14.0. The molecule has 0 radical (unpaired) electrons. The summed E-state index contributed by atoms with van der Waals surface area (Å²) in [5.74, 6) is 2.06. The summed E-state index contributed by atoms with van der Waals surface area (Å²) in [6.45, 7) is 4.00. The molecule has 2 heterocycles. The number of aromatic nitrogens is 3. The SMILES string of the molecule is CCCNC(=S)Nc1cccc(-c2nnc3n2CCCCC3)c1. The van der Waals surface area contributed by atoms with Crippen LogP contribution in [0.4, 0.5) is 5.69 Å². The summed E-state index contributed by atoms with van der Waals surface area (Å²) in [5, 5.41) is 15.9. The van der Waals surface area contributed by atoms with E-state index in [9.17, 15) is 0 Å². The van der Waals surface area contributed by atoms with E-state index in [0.29, 0.717) is 5.11 Å². The van der Waals surface area contributed by atoms with Crippen molar-refractivity contribution in [1.82, 2.24) is 20.1 Å². The van der Waals surface area contributed by atoms with Gasteiger partial charge in [-0.25, -0.2) is 0 Å². The van der Waals surface area contributed by atoms with Gasteiger partial charge in [0.05, 0.1) is 0 Å². The minimum Gasteiger partial charge on any atom is -0.362 e. The Morgan fingerprint density at radius 3 is 3.04 bits per heavy atom. The van der Waals surface area contributed by atoms with E-state index in [0.717, 1.165) is 48.8 Å². The van der Waals surface area contributed by atoms with Gasteiger partial charge < -0.3 is 15.2 Å². The van der Waals surface area contributed by atoms with Crippen LogP contribution in [0.15, 0.2) is 24.3 Å². The largest absolute Gasteiger partial charge is 0.362 e. The summed E-state index contributed by atoms with van der Waals surface area (Å²) in [5.41, 5.74) is 2.05. The van der Waals surface area contributed by atoms with E-state index in [4.69, 9.17) is 12.2 Å². The summed E-state index contributed by atoms with van der Waals surface area (Å²) in [7, 11) is 0. The van der Waals surface area contributed by atoms with Crippen LogP contribution in [0, 0.1) is 0 Å². The first-order valence-corrected chi connectivity index (χ1v) is 8.76. The lowest BCUT2D eigenvalue weighted by atomic mass is 10.2. The van der Waals surface area contributed by atoms with E-state index in [2.05, 4.69) is 44.5 Å². The van der Waals surface area contributed by atoms with Gasteiger partial charge in [-0.15, -0.1) is 10.2 Å². The molecule has 0 atom stereocenters. The van der Waals surface area contributed by atoms with Crippen LogP contribution in [0.2, 0.25) is 0 Å². The molecule has 2 aromatic rings. The third-order valence-corrected chi connectivity index (χ3v) is 4.27. The molecule has 0 spiro atoms. The fourth-order valence-corrected chi connectivity index (χ4v) is 3.07. The van der Waals surface area contributed by atoms with Crippen LogP contribution in [-0.2, 0) is 13.0 Å². The summed E-state index contributed by atoms with van der Waals surface area (Å²) in [6, 6.07) is 8.21. The Morgan fingerprint density at radius 1 is 1.26 bits per heavy atom. The highest BCUT2D eigenvalue weighted by atomic mass is 32.1. The lowest BCUT2D eigenvalue weighted by Crippen LogP contribution is -2.28. The zero-order valence-corrected chi connectivity index (χ0v) is 14.3.